The van der Waals surface area contributed by atoms with Gasteiger partial charge in [0.1, 0.15) is 11.1 Å². The molecule has 2 aromatic rings. The van der Waals surface area contributed by atoms with Gasteiger partial charge in [-0.3, -0.25) is 9.59 Å². The number of benzene rings is 1. The number of nitrogens with zero attached hydrogens (tertiary/aromatic N) is 2. The molecule has 1 N–H and O–H groups in total. The highest BCUT2D eigenvalue weighted by Crippen LogP contribution is 2.36. The van der Waals surface area contributed by atoms with Gasteiger partial charge in [-0.05, 0) is 30.5 Å². The van der Waals surface area contributed by atoms with E-state index in [1.165, 1.54) is 30.4 Å². The van der Waals surface area contributed by atoms with Crippen molar-refractivity contribution in [2.75, 3.05) is 17.6 Å². The summed E-state index contributed by atoms with van der Waals surface area (Å²) in [4.78, 5) is 26.8. The average molecular weight is 432 g/mol. The molecule has 0 saturated heterocycles. The molecule has 152 valence electrons. The van der Waals surface area contributed by atoms with Crippen molar-refractivity contribution in [1.82, 2.24) is 4.90 Å². The lowest BCUT2D eigenvalue weighted by atomic mass is 10.0. The quantitative estimate of drug-likeness (QED) is 0.757. The molecule has 0 atom stereocenters. The lowest BCUT2D eigenvalue weighted by Crippen LogP contribution is -2.33. The number of carbonyl (C=O) groups excluding carboxylic acids is 2. The van der Waals surface area contributed by atoms with Crippen LogP contribution < -0.4 is 5.32 Å². The second-order valence-electron chi connectivity index (χ2n) is 6.79. The summed E-state index contributed by atoms with van der Waals surface area (Å²) in [6, 6.07) is 10.3. The van der Waals surface area contributed by atoms with Crippen molar-refractivity contribution < 1.29 is 18.0 Å². The summed E-state index contributed by atoms with van der Waals surface area (Å²) in [7, 11) is -3.43. The molecule has 0 unspecified atom stereocenters. The number of hydrogen-bond donors (Lipinski definition) is 1. The number of fused-ring (bicyclic) bond motifs is 1. The Morgan fingerprint density at radius 3 is 2.66 bits per heavy atom. The number of amides is 2. The normalized spacial score (nSPS) is 13.4. The van der Waals surface area contributed by atoms with Gasteiger partial charge in [-0.1, -0.05) is 18.2 Å². The Bertz CT molecular complexity index is 1070. The van der Waals surface area contributed by atoms with Crippen LogP contribution in [0.2, 0.25) is 0 Å². The third-order valence-electron chi connectivity index (χ3n) is 4.79. The van der Waals surface area contributed by atoms with Crippen molar-refractivity contribution in [2.24, 2.45) is 0 Å². The highest BCUT2D eigenvalue weighted by Gasteiger charge is 2.26. The second kappa shape index (κ2) is 8.76. The monoisotopic (exact) mass is 431 g/mol. The summed E-state index contributed by atoms with van der Waals surface area (Å²) < 4.78 is 24.6. The zero-order chi connectivity index (χ0) is 21.0. The molecule has 29 heavy (non-hydrogen) atoms. The van der Waals surface area contributed by atoms with E-state index < -0.39 is 9.84 Å². The van der Waals surface area contributed by atoms with E-state index in [0.717, 1.165) is 10.4 Å². The standard InChI is InChI=1S/C20H21N3O4S2/c1-14(24)23-10-9-16-17(12-21)20(28-18(16)13-23)22-19(25)8-5-11-29(26,27)15-6-3-2-4-7-15/h2-4,6-7H,5,8-11,13H2,1H3,(H,22,25). The molecule has 1 aromatic heterocycles. The van der Waals surface area contributed by atoms with Gasteiger partial charge in [-0.15, -0.1) is 11.3 Å². The Balaban J connectivity index is 1.62. The smallest absolute Gasteiger partial charge is 0.225 e. The van der Waals surface area contributed by atoms with Crippen molar-refractivity contribution in [3.8, 4) is 6.07 Å². The van der Waals surface area contributed by atoms with Crippen LogP contribution in [0, 0.1) is 11.3 Å². The van der Waals surface area contributed by atoms with E-state index >= 15 is 0 Å². The van der Waals surface area contributed by atoms with Gasteiger partial charge in [-0.25, -0.2) is 8.42 Å². The maximum atomic E-state index is 12.3. The molecule has 7 nitrogen and oxygen atoms in total. The van der Waals surface area contributed by atoms with Gasteiger partial charge < -0.3 is 10.2 Å². The number of sulfone groups is 1. The van der Waals surface area contributed by atoms with Gasteiger partial charge in [-0.2, -0.15) is 5.26 Å². The molecule has 0 radical (unpaired) electrons. The molecule has 3 rings (SSSR count). The maximum Gasteiger partial charge on any atom is 0.225 e. The first-order chi connectivity index (χ1) is 13.8. The fourth-order valence-electron chi connectivity index (χ4n) is 3.24. The fraction of sp³-hybridized carbons (Fsp3) is 0.350. The summed E-state index contributed by atoms with van der Waals surface area (Å²) in [6.45, 7) is 2.50. The van der Waals surface area contributed by atoms with Crippen LogP contribution in [-0.2, 0) is 32.4 Å². The molecule has 2 heterocycles. The molecule has 9 heteroatoms. The van der Waals surface area contributed by atoms with Crippen LogP contribution in [0.5, 0.6) is 0 Å². The zero-order valence-electron chi connectivity index (χ0n) is 16.0. The number of nitriles is 1. The van der Waals surface area contributed by atoms with Crippen LogP contribution in [0.1, 0.15) is 35.8 Å². The van der Waals surface area contributed by atoms with Crippen LogP contribution in [-0.4, -0.2) is 37.4 Å². The van der Waals surface area contributed by atoms with Crippen LogP contribution in [0.4, 0.5) is 5.00 Å². The van der Waals surface area contributed by atoms with Gasteiger partial charge in [0.2, 0.25) is 11.8 Å². The number of nitrogens with one attached hydrogen (secondary N) is 1. The Kier molecular flexibility index (Phi) is 6.35. The van der Waals surface area contributed by atoms with E-state index in [1.54, 1.807) is 23.1 Å². The lowest BCUT2D eigenvalue weighted by molar-refractivity contribution is -0.129. The first kappa shape index (κ1) is 21.0. The number of thiophene rings is 1. The average Bonchev–Trinajstić information content (AvgIpc) is 3.04. The molecule has 0 bridgehead atoms. The Morgan fingerprint density at radius 2 is 2.00 bits per heavy atom. The summed E-state index contributed by atoms with van der Waals surface area (Å²) in [5.74, 6) is -0.469. The van der Waals surface area contributed by atoms with E-state index in [4.69, 9.17) is 0 Å². The van der Waals surface area contributed by atoms with Gasteiger partial charge in [0.05, 0.1) is 22.8 Å². The summed E-state index contributed by atoms with van der Waals surface area (Å²) >= 11 is 1.31. The number of anilines is 1. The molecule has 2 amide bonds. The van der Waals surface area contributed by atoms with E-state index in [2.05, 4.69) is 11.4 Å². The number of hydrogen-bond acceptors (Lipinski definition) is 6. The van der Waals surface area contributed by atoms with E-state index in [-0.39, 0.29) is 35.3 Å². The second-order valence-corrected chi connectivity index (χ2v) is 10.0. The van der Waals surface area contributed by atoms with Crippen LogP contribution in [0.15, 0.2) is 35.2 Å². The summed E-state index contributed by atoms with van der Waals surface area (Å²) in [6.07, 6.45) is 0.812. The van der Waals surface area contributed by atoms with E-state index in [0.29, 0.717) is 30.1 Å². The first-order valence-electron chi connectivity index (χ1n) is 9.19. The van der Waals surface area contributed by atoms with Gasteiger partial charge in [0.15, 0.2) is 9.84 Å². The maximum absolute atomic E-state index is 12.3. The molecular weight excluding hydrogens is 410 g/mol. The minimum Gasteiger partial charge on any atom is -0.337 e. The minimum atomic E-state index is -3.43. The van der Waals surface area contributed by atoms with E-state index in [1.807, 2.05) is 0 Å². The van der Waals surface area contributed by atoms with Crippen molar-refractivity contribution in [1.29, 1.82) is 5.26 Å². The van der Waals surface area contributed by atoms with Crippen molar-refractivity contribution in [3.63, 3.8) is 0 Å². The first-order valence-corrected chi connectivity index (χ1v) is 11.7. The predicted octanol–water partition coefficient (Wildman–Crippen LogP) is 2.72. The number of carbonyl (C=O) groups is 2. The lowest BCUT2D eigenvalue weighted by Gasteiger charge is -2.25. The van der Waals surface area contributed by atoms with Crippen molar-refractivity contribution >= 4 is 38.0 Å². The molecule has 1 aliphatic heterocycles. The van der Waals surface area contributed by atoms with Gasteiger partial charge in [0.25, 0.3) is 0 Å². The highest BCUT2D eigenvalue weighted by atomic mass is 32.2. The third-order valence-corrected chi connectivity index (χ3v) is 7.73. The molecule has 0 saturated carbocycles. The molecular formula is C20H21N3O4S2. The van der Waals surface area contributed by atoms with Crippen molar-refractivity contribution in [2.45, 2.75) is 37.6 Å². The fourth-order valence-corrected chi connectivity index (χ4v) is 5.80. The van der Waals surface area contributed by atoms with Crippen LogP contribution >= 0.6 is 11.3 Å². The zero-order valence-corrected chi connectivity index (χ0v) is 17.6. The SMILES string of the molecule is CC(=O)N1CCc2c(sc(NC(=O)CCCS(=O)(=O)c3ccccc3)c2C#N)C1. The highest BCUT2D eigenvalue weighted by molar-refractivity contribution is 7.91. The molecule has 0 spiro atoms. The number of rotatable bonds is 6. The predicted molar refractivity (Wildman–Crippen MR) is 110 cm³/mol. The summed E-state index contributed by atoms with van der Waals surface area (Å²) in [5, 5.41) is 12.7. The molecule has 0 aliphatic carbocycles. The topological polar surface area (TPSA) is 107 Å². The van der Waals surface area contributed by atoms with Gasteiger partial charge >= 0.3 is 0 Å². The summed E-state index contributed by atoms with van der Waals surface area (Å²) in [5.41, 5.74) is 1.33. The Labute approximate surface area is 173 Å². The molecule has 1 aliphatic rings. The Morgan fingerprint density at radius 1 is 1.28 bits per heavy atom. The van der Waals surface area contributed by atoms with Crippen LogP contribution in [0.3, 0.4) is 0 Å². The van der Waals surface area contributed by atoms with Crippen molar-refractivity contribution in [3.05, 3.63) is 46.3 Å². The Hall–Kier alpha value is -2.70. The van der Waals surface area contributed by atoms with Gasteiger partial charge in [0, 0.05) is 24.8 Å². The molecule has 0 fully saturated rings. The largest absolute Gasteiger partial charge is 0.337 e. The van der Waals surface area contributed by atoms with Crippen LogP contribution in [0.25, 0.3) is 0 Å². The third kappa shape index (κ3) is 4.83. The van der Waals surface area contributed by atoms with E-state index in [9.17, 15) is 23.3 Å². The molecule has 1 aromatic carbocycles. The minimum absolute atomic E-state index is 0.0206.